The lowest BCUT2D eigenvalue weighted by atomic mass is 10.3. The van der Waals surface area contributed by atoms with Crippen molar-refractivity contribution in [2.45, 2.75) is 11.3 Å². The summed E-state index contributed by atoms with van der Waals surface area (Å²) in [6, 6.07) is 6.51. The molecule has 2 aromatic rings. The molecule has 134 valence electrons. The average molecular weight is 384 g/mol. The van der Waals surface area contributed by atoms with Crippen LogP contribution >= 0.6 is 11.3 Å². The first-order valence-electron chi connectivity index (χ1n) is 7.66. The summed E-state index contributed by atoms with van der Waals surface area (Å²) in [5.74, 6) is -0.677. The highest BCUT2D eigenvalue weighted by molar-refractivity contribution is 7.92. The Morgan fingerprint density at radius 3 is 2.92 bits per heavy atom. The Bertz CT molecular complexity index is 867. The number of thiophene rings is 1. The number of halogens is 1. The standard InChI is InChI=1S/C16H17FN2O4S2/c17-12-2-1-3-13(10-12)25(21,22)18-14-5-9-24-15(14)4-6-19-7-8-23-11-16(19)20/h1-3,5,9-10,18H,4,6-8,11H2. The number of carbonyl (C=O) groups excluding carboxylic acids is 1. The van der Waals surface area contributed by atoms with E-state index in [1.807, 2.05) is 0 Å². The first-order chi connectivity index (χ1) is 12.0. The number of hydrogen-bond acceptors (Lipinski definition) is 5. The third kappa shape index (κ3) is 4.36. The number of hydrogen-bond donors (Lipinski definition) is 1. The molecule has 1 saturated heterocycles. The van der Waals surface area contributed by atoms with Crippen molar-refractivity contribution >= 4 is 33.0 Å². The fourth-order valence-corrected chi connectivity index (χ4v) is 4.50. The lowest BCUT2D eigenvalue weighted by molar-refractivity contribution is -0.142. The summed E-state index contributed by atoms with van der Waals surface area (Å²) in [7, 11) is -3.87. The van der Waals surface area contributed by atoms with Gasteiger partial charge in [0.05, 0.1) is 17.2 Å². The highest BCUT2D eigenvalue weighted by Crippen LogP contribution is 2.26. The van der Waals surface area contributed by atoms with Crippen LogP contribution in [0, 0.1) is 5.82 Å². The average Bonchev–Trinajstić information content (AvgIpc) is 3.00. The molecule has 0 spiro atoms. The number of morpholine rings is 1. The summed E-state index contributed by atoms with van der Waals surface area (Å²) in [6.07, 6.45) is 0.532. The molecule has 0 saturated carbocycles. The lowest BCUT2D eigenvalue weighted by Crippen LogP contribution is -2.42. The van der Waals surface area contributed by atoms with Gasteiger partial charge in [0, 0.05) is 24.4 Å². The minimum atomic E-state index is -3.87. The third-order valence-electron chi connectivity index (χ3n) is 3.79. The van der Waals surface area contributed by atoms with Gasteiger partial charge >= 0.3 is 0 Å². The SMILES string of the molecule is O=C1COCCN1CCc1sccc1NS(=O)(=O)c1cccc(F)c1. The number of nitrogens with zero attached hydrogens (tertiary/aromatic N) is 1. The van der Waals surface area contributed by atoms with E-state index in [-0.39, 0.29) is 17.4 Å². The van der Waals surface area contributed by atoms with E-state index in [4.69, 9.17) is 4.74 Å². The van der Waals surface area contributed by atoms with Crippen molar-refractivity contribution in [1.29, 1.82) is 0 Å². The molecule has 0 radical (unpaired) electrons. The molecule has 1 fully saturated rings. The van der Waals surface area contributed by atoms with E-state index < -0.39 is 15.8 Å². The maximum Gasteiger partial charge on any atom is 0.262 e. The number of ether oxygens (including phenoxy) is 1. The van der Waals surface area contributed by atoms with Gasteiger partial charge in [-0.3, -0.25) is 9.52 Å². The fourth-order valence-electron chi connectivity index (χ4n) is 2.49. The molecule has 0 bridgehead atoms. The van der Waals surface area contributed by atoms with Crippen molar-refractivity contribution in [3.05, 3.63) is 46.4 Å². The molecule has 1 N–H and O–H groups in total. The van der Waals surface area contributed by atoms with Crippen molar-refractivity contribution in [2.24, 2.45) is 0 Å². The Kier molecular flexibility index (Phi) is 5.36. The lowest BCUT2D eigenvalue weighted by Gasteiger charge is -2.26. The number of rotatable bonds is 6. The van der Waals surface area contributed by atoms with Crippen molar-refractivity contribution in [3.8, 4) is 0 Å². The van der Waals surface area contributed by atoms with E-state index in [0.29, 0.717) is 31.8 Å². The molecule has 3 rings (SSSR count). The molecule has 6 nitrogen and oxygen atoms in total. The molecule has 1 aromatic heterocycles. The van der Waals surface area contributed by atoms with E-state index in [1.165, 1.54) is 29.5 Å². The molecule has 0 aliphatic carbocycles. The van der Waals surface area contributed by atoms with Crippen LogP contribution in [0.15, 0.2) is 40.6 Å². The summed E-state index contributed by atoms with van der Waals surface area (Å²) in [4.78, 5) is 14.1. The summed E-state index contributed by atoms with van der Waals surface area (Å²) < 4.78 is 45.7. The molecule has 0 unspecified atom stereocenters. The van der Waals surface area contributed by atoms with Gasteiger partial charge in [0.25, 0.3) is 10.0 Å². The molecule has 1 amide bonds. The highest BCUT2D eigenvalue weighted by atomic mass is 32.2. The zero-order valence-corrected chi connectivity index (χ0v) is 14.9. The maximum absolute atomic E-state index is 13.3. The Morgan fingerprint density at radius 2 is 2.16 bits per heavy atom. The van der Waals surface area contributed by atoms with Crippen LogP contribution in [0.1, 0.15) is 4.88 Å². The van der Waals surface area contributed by atoms with Gasteiger partial charge in [-0.05, 0) is 29.6 Å². The number of anilines is 1. The summed E-state index contributed by atoms with van der Waals surface area (Å²) >= 11 is 1.41. The second kappa shape index (κ2) is 7.51. The minimum Gasteiger partial charge on any atom is -0.370 e. The summed E-state index contributed by atoms with van der Waals surface area (Å²) in [5.41, 5.74) is 0.454. The number of benzene rings is 1. The van der Waals surface area contributed by atoms with Crippen molar-refractivity contribution in [3.63, 3.8) is 0 Å². The first kappa shape index (κ1) is 17.8. The van der Waals surface area contributed by atoms with Gasteiger partial charge < -0.3 is 9.64 Å². The Hall–Kier alpha value is -1.97. The van der Waals surface area contributed by atoms with E-state index in [2.05, 4.69) is 4.72 Å². The highest BCUT2D eigenvalue weighted by Gasteiger charge is 2.20. The number of carbonyl (C=O) groups is 1. The monoisotopic (exact) mass is 384 g/mol. The summed E-state index contributed by atoms with van der Waals surface area (Å²) in [5, 5.41) is 1.78. The number of amides is 1. The largest absolute Gasteiger partial charge is 0.370 e. The molecule has 1 aliphatic heterocycles. The van der Waals surface area contributed by atoms with Gasteiger partial charge in [-0.25, -0.2) is 12.8 Å². The molecule has 25 heavy (non-hydrogen) atoms. The van der Waals surface area contributed by atoms with Gasteiger partial charge in [0.1, 0.15) is 12.4 Å². The van der Waals surface area contributed by atoms with Crippen LogP contribution in [-0.4, -0.2) is 45.5 Å². The zero-order valence-electron chi connectivity index (χ0n) is 13.3. The van der Waals surface area contributed by atoms with Gasteiger partial charge in [-0.15, -0.1) is 11.3 Å². The molecule has 9 heteroatoms. The van der Waals surface area contributed by atoms with Crippen LogP contribution in [0.3, 0.4) is 0 Å². The Labute approximate surface area is 149 Å². The van der Waals surface area contributed by atoms with Crippen LogP contribution in [0.4, 0.5) is 10.1 Å². The summed E-state index contributed by atoms with van der Waals surface area (Å²) in [6.45, 7) is 1.63. The maximum atomic E-state index is 13.3. The third-order valence-corrected chi connectivity index (χ3v) is 6.13. The molecule has 1 aliphatic rings. The van der Waals surface area contributed by atoms with Gasteiger partial charge in [0.15, 0.2) is 0 Å². The number of nitrogens with one attached hydrogen (secondary N) is 1. The van der Waals surface area contributed by atoms with E-state index >= 15 is 0 Å². The molecule has 2 heterocycles. The molecular weight excluding hydrogens is 367 g/mol. The van der Waals surface area contributed by atoms with E-state index in [9.17, 15) is 17.6 Å². The first-order valence-corrected chi connectivity index (χ1v) is 10.0. The molecule has 1 aromatic carbocycles. The predicted octanol–water partition coefficient (Wildman–Crippen LogP) is 2.09. The van der Waals surface area contributed by atoms with Gasteiger partial charge in [0.2, 0.25) is 5.91 Å². The van der Waals surface area contributed by atoms with Crippen LogP contribution in [-0.2, 0) is 26.0 Å². The quantitative estimate of drug-likeness (QED) is 0.828. The molecular formula is C16H17FN2O4S2. The normalized spacial score (nSPS) is 15.4. The second-order valence-electron chi connectivity index (χ2n) is 5.50. The zero-order chi connectivity index (χ0) is 17.9. The predicted molar refractivity (Wildman–Crippen MR) is 92.6 cm³/mol. The Morgan fingerprint density at radius 1 is 1.32 bits per heavy atom. The second-order valence-corrected chi connectivity index (χ2v) is 8.19. The topological polar surface area (TPSA) is 75.7 Å². The fraction of sp³-hybridized carbons (Fsp3) is 0.312. The minimum absolute atomic E-state index is 0.0651. The van der Waals surface area contributed by atoms with Crippen LogP contribution in [0.25, 0.3) is 0 Å². The van der Waals surface area contributed by atoms with Gasteiger partial charge in [-0.2, -0.15) is 0 Å². The Balaban J connectivity index is 1.70. The van der Waals surface area contributed by atoms with Crippen LogP contribution in [0.5, 0.6) is 0 Å². The number of sulfonamides is 1. The van der Waals surface area contributed by atoms with Crippen LogP contribution in [0.2, 0.25) is 0 Å². The van der Waals surface area contributed by atoms with Crippen molar-refractivity contribution in [2.75, 3.05) is 31.0 Å². The van der Waals surface area contributed by atoms with Crippen molar-refractivity contribution < 1.29 is 22.3 Å². The van der Waals surface area contributed by atoms with E-state index in [0.717, 1.165) is 10.9 Å². The van der Waals surface area contributed by atoms with Crippen molar-refractivity contribution in [1.82, 2.24) is 4.90 Å². The van der Waals surface area contributed by atoms with Gasteiger partial charge in [-0.1, -0.05) is 6.07 Å². The smallest absolute Gasteiger partial charge is 0.262 e. The van der Waals surface area contributed by atoms with Crippen LogP contribution < -0.4 is 4.72 Å². The van der Waals surface area contributed by atoms with E-state index in [1.54, 1.807) is 16.3 Å². The molecule has 0 atom stereocenters.